The molecule has 0 heterocycles. The third kappa shape index (κ3) is 4.98. The van der Waals surface area contributed by atoms with Crippen molar-refractivity contribution in [3.05, 3.63) is 71.8 Å². The Morgan fingerprint density at radius 3 is 1.33 bits per heavy atom. The second-order valence-corrected chi connectivity index (χ2v) is 5.71. The maximum atomic E-state index is 11.9. The molecule has 0 fully saturated rings. The Morgan fingerprint density at radius 2 is 1.04 bits per heavy atom. The van der Waals surface area contributed by atoms with E-state index in [2.05, 4.69) is 10.6 Å². The number of benzene rings is 2. The molecule has 0 aromatic heterocycles. The van der Waals surface area contributed by atoms with Gasteiger partial charge >= 0.3 is 0 Å². The van der Waals surface area contributed by atoms with Gasteiger partial charge in [0.25, 0.3) is 0 Å². The molecule has 0 unspecified atom stereocenters. The number of rotatable bonds is 7. The number of alkyl halides is 2. The second-order valence-electron chi connectivity index (χ2n) is 5.18. The summed E-state index contributed by atoms with van der Waals surface area (Å²) < 4.78 is 0. The highest BCUT2D eigenvalue weighted by Crippen LogP contribution is 2.29. The molecule has 2 amide bonds. The van der Waals surface area contributed by atoms with Gasteiger partial charge in [0.1, 0.15) is 11.8 Å². The van der Waals surface area contributed by atoms with Crippen LogP contribution in [0.3, 0.4) is 0 Å². The normalized spacial score (nSPS) is 12.9. The fourth-order valence-electron chi connectivity index (χ4n) is 2.46. The zero-order chi connectivity index (χ0) is 17.4. The summed E-state index contributed by atoms with van der Waals surface area (Å²) in [7, 11) is 0. The van der Waals surface area contributed by atoms with Crippen molar-refractivity contribution >= 4 is 35.0 Å². The molecule has 2 aromatic carbocycles. The van der Waals surface area contributed by atoms with Crippen LogP contribution in [0.2, 0.25) is 0 Å². The van der Waals surface area contributed by atoms with Crippen molar-refractivity contribution < 1.29 is 9.59 Å². The Kier molecular flexibility index (Phi) is 7.09. The molecule has 24 heavy (non-hydrogen) atoms. The molecular weight excluding hydrogens is 347 g/mol. The minimum absolute atomic E-state index is 0.158. The molecule has 4 nitrogen and oxygen atoms in total. The number of amides is 2. The summed E-state index contributed by atoms with van der Waals surface area (Å²) in [6.45, 7) is 0. The van der Waals surface area contributed by atoms with Gasteiger partial charge in [0.2, 0.25) is 11.8 Å². The Labute approximate surface area is 151 Å². The summed E-state index contributed by atoms with van der Waals surface area (Å²) in [4.78, 5) is 23.8. The highest BCUT2D eigenvalue weighted by Gasteiger charge is 2.27. The van der Waals surface area contributed by atoms with Gasteiger partial charge in [-0.15, -0.1) is 23.2 Å². The predicted octanol–water partition coefficient (Wildman–Crippen LogP) is 3.18. The van der Waals surface area contributed by atoms with Crippen LogP contribution >= 0.6 is 23.2 Å². The summed E-state index contributed by atoms with van der Waals surface area (Å²) in [6.07, 6.45) is 0. The van der Waals surface area contributed by atoms with Crippen molar-refractivity contribution in [2.24, 2.45) is 0 Å². The third-order valence-corrected chi connectivity index (χ3v) is 4.01. The molecule has 126 valence electrons. The molecule has 0 saturated heterocycles. The monoisotopic (exact) mass is 364 g/mol. The summed E-state index contributed by atoms with van der Waals surface area (Å²) in [6, 6.07) is 17.9. The third-order valence-electron chi connectivity index (χ3n) is 3.53. The molecule has 0 aliphatic carbocycles. The van der Waals surface area contributed by atoms with Gasteiger partial charge in [0.05, 0.1) is 12.1 Å². The second kappa shape index (κ2) is 9.30. The molecule has 2 aromatic rings. The highest BCUT2D eigenvalue weighted by atomic mass is 35.5. The first-order chi connectivity index (χ1) is 11.7. The van der Waals surface area contributed by atoms with Crippen molar-refractivity contribution in [2.45, 2.75) is 12.1 Å². The van der Waals surface area contributed by atoms with Crippen LogP contribution in [-0.4, -0.2) is 23.6 Å². The van der Waals surface area contributed by atoms with Gasteiger partial charge in [-0.3, -0.25) is 9.59 Å². The van der Waals surface area contributed by atoms with Crippen molar-refractivity contribution in [3.63, 3.8) is 0 Å². The molecule has 2 atom stereocenters. The fraction of sp³-hybridized carbons (Fsp3) is 0.222. The van der Waals surface area contributed by atoms with Crippen LogP contribution in [0.25, 0.3) is 0 Å². The largest absolute Gasteiger partial charge is 0.346 e. The van der Waals surface area contributed by atoms with E-state index in [4.69, 9.17) is 23.2 Å². The summed E-state index contributed by atoms with van der Waals surface area (Å²) in [5, 5.41) is 5.76. The fourth-order valence-corrected chi connectivity index (χ4v) is 2.62. The van der Waals surface area contributed by atoms with Gasteiger partial charge in [-0.2, -0.15) is 0 Å². The van der Waals surface area contributed by atoms with Crippen LogP contribution in [0.5, 0.6) is 0 Å². The van der Waals surface area contributed by atoms with Crippen molar-refractivity contribution in [1.29, 1.82) is 0 Å². The molecule has 0 aliphatic heterocycles. The Hall–Kier alpha value is -2.04. The van der Waals surface area contributed by atoms with E-state index in [1.54, 1.807) is 0 Å². The summed E-state index contributed by atoms with van der Waals surface area (Å²) >= 11 is 11.3. The Morgan fingerprint density at radius 1 is 0.708 bits per heavy atom. The predicted molar refractivity (Wildman–Crippen MR) is 96.1 cm³/mol. The van der Waals surface area contributed by atoms with Crippen LogP contribution in [-0.2, 0) is 9.59 Å². The molecule has 6 heteroatoms. The molecule has 2 rings (SSSR count). The van der Waals surface area contributed by atoms with Crippen LogP contribution in [0.1, 0.15) is 23.2 Å². The molecule has 0 radical (unpaired) electrons. The van der Waals surface area contributed by atoms with E-state index in [1.807, 2.05) is 60.7 Å². The number of carbonyl (C=O) groups is 2. The first-order valence-corrected chi connectivity index (χ1v) is 8.53. The topological polar surface area (TPSA) is 58.2 Å². The standard InChI is InChI=1S/C18H18Cl2N2O2/c19-11-15(23)21-17(13-7-3-1-4-8-13)18(22-16(24)12-20)14-9-5-2-6-10-14/h1-10,17-18H,11-12H2,(H,21,23)(H,22,24)/t17-,18-/m0/s1. The zero-order valence-corrected chi connectivity index (χ0v) is 14.4. The van der Waals surface area contributed by atoms with Gasteiger partial charge in [-0.1, -0.05) is 60.7 Å². The van der Waals surface area contributed by atoms with Crippen LogP contribution < -0.4 is 10.6 Å². The maximum Gasteiger partial charge on any atom is 0.235 e. The molecule has 0 aliphatic rings. The average molecular weight is 365 g/mol. The molecule has 0 spiro atoms. The zero-order valence-electron chi connectivity index (χ0n) is 12.9. The van der Waals surface area contributed by atoms with E-state index in [-0.39, 0.29) is 23.6 Å². The van der Waals surface area contributed by atoms with E-state index in [9.17, 15) is 9.59 Å². The number of carbonyl (C=O) groups excluding carboxylic acids is 2. The van der Waals surface area contributed by atoms with Gasteiger partial charge in [-0.05, 0) is 11.1 Å². The first kappa shape index (κ1) is 18.3. The average Bonchev–Trinajstić information content (AvgIpc) is 2.65. The molecule has 2 N–H and O–H groups in total. The lowest BCUT2D eigenvalue weighted by molar-refractivity contribution is -0.122. The number of halogens is 2. The van der Waals surface area contributed by atoms with Crippen LogP contribution in [0.4, 0.5) is 0 Å². The maximum absolute atomic E-state index is 11.9. The van der Waals surface area contributed by atoms with E-state index in [0.717, 1.165) is 11.1 Å². The van der Waals surface area contributed by atoms with E-state index in [0.29, 0.717) is 0 Å². The lowest BCUT2D eigenvalue weighted by atomic mass is 9.93. The van der Waals surface area contributed by atoms with Gasteiger partial charge < -0.3 is 10.6 Å². The van der Waals surface area contributed by atoms with Gasteiger partial charge in [0, 0.05) is 0 Å². The van der Waals surface area contributed by atoms with E-state index < -0.39 is 12.1 Å². The van der Waals surface area contributed by atoms with Crippen molar-refractivity contribution in [1.82, 2.24) is 10.6 Å². The number of hydrogen-bond acceptors (Lipinski definition) is 2. The van der Waals surface area contributed by atoms with E-state index in [1.165, 1.54) is 0 Å². The number of hydrogen-bond donors (Lipinski definition) is 2. The van der Waals surface area contributed by atoms with Crippen molar-refractivity contribution in [2.75, 3.05) is 11.8 Å². The lowest BCUT2D eigenvalue weighted by Crippen LogP contribution is -2.41. The Balaban J connectivity index is 2.42. The first-order valence-electron chi connectivity index (χ1n) is 7.46. The number of nitrogens with one attached hydrogen (secondary N) is 2. The van der Waals surface area contributed by atoms with Gasteiger partial charge in [-0.25, -0.2) is 0 Å². The molecular formula is C18H18Cl2N2O2. The van der Waals surface area contributed by atoms with Crippen molar-refractivity contribution in [3.8, 4) is 0 Å². The minimum Gasteiger partial charge on any atom is -0.346 e. The Bertz CT molecular complexity index is 606. The minimum atomic E-state index is -0.466. The van der Waals surface area contributed by atoms with E-state index >= 15 is 0 Å². The summed E-state index contributed by atoms with van der Waals surface area (Å²) in [5.41, 5.74) is 1.72. The van der Waals surface area contributed by atoms with Crippen LogP contribution in [0.15, 0.2) is 60.7 Å². The molecule has 0 bridgehead atoms. The van der Waals surface area contributed by atoms with Gasteiger partial charge in [0.15, 0.2) is 0 Å². The highest BCUT2D eigenvalue weighted by molar-refractivity contribution is 6.27. The summed E-state index contributed by atoms with van der Waals surface area (Å²) in [5.74, 6) is -0.944. The SMILES string of the molecule is O=C(CCl)N[C@@H](c1ccccc1)[C@@H](NC(=O)CCl)c1ccccc1. The lowest BCUT2D eigenvalue weighted by Gasteiger charge is -2.29. The quantitative estimate of drug-likeness (QED) is 0.741. The molecule has 0 saturated carbocycles. The van der Waals surface area contributed by atoms with Crippen LogP contribution in [0, 0.1) is 0 Å². The smallest absolute Gasteiger partial charge is 0.235 e.